The first-order valence-electron chi connectivity index (χ1n) is 4.64. The molecule has 0 amide bonds. The Bertz CT molecular complexity index is 330. The maximum absolute atomic E-state index is 10.5. The number of carbonyl (C=O) groups is 1. The van der Waals surface area contributed by atoms with Crippen molar-refractivity contribution in [2.45, 2.75) is 13.0 Å². The highest BCUT2D eigenvalue weighted by atomic mass is 28.2. The maximum Gasteiger partial charge on any atom is 0.330 e. The van der Waals surface area contributed by atoms with Crippen molar-refractivity contribution in [1.29, 1.82) is 0 Å². The Morgan fingerprint density at radius 1 is 1.43 bits per heavy atom. The lowest BCUT2D eigenvalue weighted by Gasteiger charge is -1.96. The molecule has 0 saturated heterocycles. The molecular formula is C11H14O2Si. The lowest BCUT2D eigenvalue weighted by molar-refractivity contribution is -0.132. The van der Waals surface area contributed by atoms with Gasteiger partial charge in [0.2, 0.25) is 0 Å². The average Bonchev–Trinajstić information content (AvgIpc) is 2.19. The number of benzene rings is 1. The first kappa shape index (κ1) is 10.7. The second-order valence-electron chi connectivity index (χ2n) is 3.22. The van der Waals surface area contributed by atoms with Crippen LogP contribution in [0.3, 0.4) is 0 Å². The Morgan fingerprint density at radius 2 is 2.07 bits per heavy atom. The summed E-state index contributed by atoms with van der Waals surface area (Å²) in [4.78, 5) is 10.5. The van der Waals surface area contributed by atoms with E-state index in [0.717, 1.165) is 6.04 Å². The molecule has 0 saturated carbocycles. The Hall–Kier alpha value is -1.35. The fraction of sp³-hybridized carbons (Fsp3) is 0.182. The molecule has 3 heteroatoms. The summed E-state index contributed by atoms with van der Waals surface area (Å²) in [6, 6.07) is 11.2. The van der Waals surface area contributed by atoms with Crippen molar-refractivity contribution < 1.29 is 9.90 Å². The molecule has 1 N–H and O–H groups in total. The summed E-state index contributed by atoms with van der Waals surface area (Å²) in [6.07, 6.45) is 0. The van der Waals surface area contributed by atoms with E-state index in [1.807, 2.05) is 23.9 Å². The summed E-state index contributed by atoms with van der Waals surface area (Å²) in [5.41, 5.74) is 3.68. The van der Waals surface area contributed by atoms with E-state index in [4.69, 9.17) is 5.11 Å². The third kappa shape index (κ3) is 3.58. The molecule has 14 heavy (non-hydrogen) atoms. The van der Waals surface area contributed by atoms with Crippen LogP contribution in [0.25, 0.3) is 0 Å². The van der Waals surface area contributed by atoms with Gasteiger partial charge < -0.3 is 5.11 Å². The van der Waals surface area contributed by atoms with Crippen LogP contribution in [0.5, 0.6) is 0 Å². The number of carboxylic acids is 1. The standard InChI is InChI=1S/C11H14O2Si/c1-9(11(12)13)7-14-8-10-5-3-2-4-6-10/h2-7H,8,14H2,1H3,(H,12,13)/b9-7+. The molecule has 0 aliphatic heterocycles. The molecule has 0 aliphatic rings. The van der Waals surface area contributed by atoms with Crippen LogP contribution in [-0.2, 0) is 10.8 Å². The summed E-state index contributed by atoms with van der Waals surface area (Å²) in [5.74, 6) is -0.800. The SMILES string of the molecule is C/C(=C\[SiH2]Cc1ccccc1)C(=O)O. The van der Waals surface area contributed by atoms with Crippen molar-refractivity contribution in [2.75, 3.05) is 0 Å². The summed E-state index contributed by atoms with van der Waals surface area (Å²) in [5, 5.41) is 8.63. The van der Waals surface area contributed by atoms with E-state index in [1.165, 1.54) is 5.56 Å². The lowest BCUT2D eigenvalue weighted by atomic mass is 10.2. The number of hydrogen-bond donors (Lipinski definition) is 1. The molecule has 1 rings (SSSR count). The maximum atomic E-state index is 10.5. The third-order valence-corrected chi connectivity index (χ3v) is 3.83. The number of rotatable bonds is 4. The minimum atomic E-state index is -0.800. The van der Waals surface area contributed by atoms with Crippen LogP contribution in [0.1, 0.15) is 12.5 Å². The minimum Gasteiger partial charge on any atom is -0.478 e. The Labute approximate surface area is 86.1 Å². The predicted molar refractivity (Wildman–Crippen MR) is 60.1 cm³/mol. The van der Waals surface area contributed by atoms with Crippen LogP contribution in [0.4, 0.5) is 0 Å². The van der Waals surface area contributed by atoms with Crippen molar-refractivity contribution in [3.63, 3.8) is 0 Å². The van der Waals surface area contributed by atoms with E-state index in [0.29, 0.717) is 5.57 Å². The quantitative estimate of drug-likeness (QED) is 0.596. The van der Waals surface area contributed by atoms with Crippen molar-refractivity contribution in [1.82, 2.24) is 0 Å². The van der Waals surface area contributed by atoms with Crippen molar-refractivity contribution >= 4 is 15.5 Å². The zero-order valence-electron chi connectivity index (χ0n) is 8.23. The van der Waals surface area contributed by atoms with Gasteiger partial charge in [0.1, 0.15) is 0 Å². The number of aliphatic carboxylic acids is 1. The van der Waals surface area contributed by atoms with Crippen LogP contribution in [-0.4, -0.2) is 20.6 Å². The molecular weight excluding hydrogens is 192 g/mol. The molecule has 74 valence electrons. The van der Waals surface area contributed by atoms with Crippen LogP contribution in [0.15, 0.2) is 41.6 Å². The molecule has 2 nitrogen and oxygen atoms in total. The fourth-order valence-electron chi connectivity index (χ4n) is 1.19. The molecule has 0 heterocycles. The fourth-order valence-corrected chi connectivity index (χ4v) is 2.61. The van der Waals surface area contributed by atoms with Crippen molar-refractivity contribution in [3.8, 4) is 0 Å². The molecule has 0 unspecified atom stereocenters. The van der Waals surface area contributed by atoms with Crippen LogP contribution in [0.2, 0.25) is 0 Å². The van der Waals surface area contributed by atoms with Crippen LogP contribution < -0.4 is 0 Å². The van der Waals surface area contributed by atoms with Gasteiger partial charge in [-0.25, -0.2) is 4.79 Å². The molecule has 0 atom stereocenters. The van der Waals surface area contributed by atoms with Gasteiger partial charge in [-0.1, -0.05) is 41.6 Å². The molecule has 0 fully saturated rings. The highest BCUT2D eigenvalue weighted by Crippen LogP contribution is 1.99. The van der Waals surface area contributed by atoms with Gasteiger partial charge in [-0.05, 0) is 13.0 Å². The Morgan fingerprint density at radius 3 is 2.64 bits per heavy atom. The van der Waals surface area contributed by atoms with Crippen molar-refractivity contribution in [3.05, 3.63) is 47.2 Å². The molecule has 0 bridgehead atoms. The van der Waals surface area contributed by atoms with Crippen LogP contribution in [0, 0.1) is 0 Å². The minimum absolute atomic E-state index is 0.420. The molecule has 0 aliphatic carbocycles. The van der Waals surface area contributed by atoms with E-state index in [-0.39, 0.29) is 0 Å². The summed E-state index contributed by atoms with van der Waals surface area (Å²) < 4.78 is 0. The van der Waals surface area contributed by atoms with Gasteiger partial charge in [-0.3, -0.25) is 0 Å². The third-order valence-electron chi connectivity index (χ3n) is 2.06. The normalized spacial score (nSPS) is 12.2. The topological polar surface area (TPSA) is 37.3 Å². The molecule has 1 aromatic carbocycles. The van der Waals surface area contributed by atoms with E-state index in [1.54, 1.807) is 6.92 Å². The van der Waals surface area contributed by atoms with Gasteiger partial charge in [-0.2, -0.15) is 0 Å². The van der Waals surface area contributed by atoms with Crippen molar-refractivity contribution in [2.24, 2.45) is 0 Å². The first-order chi connectivity index (χ1) is 6.70. The second kappa shape index (κ2) is 5.39. The van der Waals surface area contributed by atoms with Gasteiger partial charge in [0.25, 0.3) is 0 Å². The van der Waals surface area contributed by atoms with E-state index in [9.17, 15) is 4.79 Å². The summed E-state index contributed by atoms with van der Waals surface area (Å²) in [7, 11) is -0.420. The Kier molecular flexibility index (Phi) is 4.13. The van der Waals surface area contributed by atoms with E-state index >= 15 is 0 Å². The largest absolute Gasteiger partial charge is 0.478 e. The van der Waals surface area contributed by atoms with Crippen LogP contribution >= 0.6 is 0 Å². The number of carboxylic acid groups (broad SMARTS) is 1. The number of hydrogen-bond acceptors (Lipinski definition) is 1. The highest BCUT2D eigenvalue weighted by molar-refractivity contribution is 6.42. The summed E-state index contributed by atoms with van der Waals surface area (Å²) >= 11 is 0. The van der Waals surface area contributed by atoms with E-state index < -0.39 is 15.5 Å². The summed E-state index contributed by atoms with van der Waals surface area (Å²) in [6.45, 7) is 1.65. The predicted octanol–water partition coefficient (Wildman–Crippen LogP) is 1.34. The van der Waals surface area contributed by atoms with Gasteiger partial charge in [0.05, 0.1) is 9.52 Å². The Balaban J connectivity index is 2.43. The zero-order chi connectivity index (χ0) is 10.4. The molecule has 0 aromatic heterocycles. The monoisotopic (exact) mass is 206 g/mol. The van der Waals surface area contributed by atoms with Gasteiger partial charge in [0, 0.05) is 5.57 Å². The molecule has 0 radical (unpaired) electrons. The second-order valence-corrected chi connectivity index (χ2v) is 4.70. The smallest absolute Gasteiger partial charge is 0.330 e. The zero-order valence-corrected chi connectivity index (χ0v) is 9.65. The van der Waals surface area contributed by atoms with Gasteiger partial charge in [0.15, 0.2) is 0 Å². The van der Waals surface area contributed by atoms with Gasteiger partial charge in [-0.15, -0.1) is 0 Å². The average molecular weight is 206 g/mol. The lowest BCUT2D eigenvalue weighted by Crippen LogP contribution is -2.00. The van der Waals surface area contributed by atoms with E-state index in [2.05, 4.69) is 12.1 Å². The molecule has 1 aromatic rings. The first-order valence-corrected chi connectivity index (χ1v) is 6.46. The molecule has 0 spiro atoms. The highest BCUT2D eigenvalue weighted by Gasteiger charge is 1.98. The van der Waals surface area contributed by atoms with Gasteiger partial charge >= 0.3 is 5.97 Å².